The first-order chi connectivity index (χ1) is 9.18. The van der Waals surface area contributed by atoms with Gasteiger partial charge in [0.2, 0.25) is 0 Å². The Balaban J connectivity index is 2.20. The zero-order valence-corrected chi connectivity index (χ0v) is 13.1. The molecule has 0 aliphatic carbocycles. The molecule has 0 spiro atoms. The molecule has 0 N–H and O–H groups in total. The van der Waals surface area contributed by atoms with Crippen molar-refractivity contribution in [2.45, 2.75) is 31.2 Å². The summed E-state index contributed by atoms with van der Waals surface area (Å²) in [6.07, 6.45) is 2.33. The van der Waals surface area contributed by atoms with Crippen molar-refractivity contribution < 1.29 is 0 Å². The molecule has 0 saturated carbocycles. The van der Waals surface area contributed by atoms with E-state index < -0.39 is 0 Å². The summed E-state index contributed by atoms with van der Waals surface area (Å²) in [5, 5.41) is 0.671. The van der Waals surface area contributed by atoms with E-state index in [4.69, 9.17) is 23.2 Å². The molecule has 102 valence electrons. The summed E-state index contributed by atoms with van der Waals surface area (Å²) in [5.74, 6) is 3.34. The summed E-state index contributed by atoms with van der Waals surface area (Å²) < 4.78 is 2.29. The first kappa shape index (κ1) is 13.6. The van der Waals surface area contributed by atoms with Gasteiger partial charge in [-0.25, -0.2) is 4.98 Å². The molecule has 3 rings (SSSR count). The van der Waals surface area contributed by atoms with Gasteiger partial charge in [-0.2, -0.15) is 11.8 Å². The number of alkyl halides is 1. The molecule has 1 aliphatic heterocycles. The van der Waals surface area contributed by atoms with E-state index >= 15 is 0 Å². The van der Waals surface area contributed by atoms with Crippen molar-refractivity contribution in [3.63, 3.8) is 0 Å². The van der Waals surface area contributed by atoms with Gasteiger partial charge in [0.15, 0.2) is 0 Å². The molecule has 0 radical (unpaired) electrons. The fourth-order valence-corrected chi connectivity index (χ4v) is 4.21. The van der Waals surface area contributed by atoms with E-state index in [1.165, 1.54) is 11.5 Å². The summed E-state index contributed by atoms with van der Waals surface area (Å²) >= 11 is 14.7. The number of hydrogen-bond acceptors (Lipinski definition) is 2. The highest BCUT2D eigenvalue weighted by Gasteiger charge is 2.24. The molecule has 0 amide bonds. The molecule has 1 aromatic heterocycles. The lowest BCUT2D eigenvalue weighted by Crippen LogP contribution is -2.18. The Morgan fingerprint density at radius 3 is 2.79 bits per heavy atom. The van der Waals surface area contributed by atoms with Gasteiger partial charge in [0, 0.05) is 6.04 Å². The zero-order valence-electron chi connectivity index (χ0n) is 10.8. The topological polar surface area (TPSA) is 17.8 Å². The molecule has 0 bridgehead atoms. The Kier molecular flexibility index (Phi) is 3.97. The standard InChI is InChI=1S/C14H16Cl2N2S/c1-9(15)14-17-12-4-2-3-11(16)13(12)18(14)10-5-7-19-8-6-10/h2-4,9-10H,5-8H2,1H3. The molecule has 2 aromatic rings. The van der Waals surface area contributed by atoms with Crippen LogP contribution in [0.5, 0.6) is 0 Å². The molecule has 2 heterocycles. The molecule has 5 heteroatoms. The number of fused-ring (bicyclic) bond motifs is 1. The molecule has 2 nitrogen and oxygen atoms in total. The van der Waals surface area contributed by atoms with Crippen molar-refractivity contribution in [2.75, 3.05) is 11.5 Å². The van der Waals surface area contributed by atoms with Gasteiger partial charge in [-0.3, -0.25) is 0 Å². The summed E-state index contributed by atoms with van der Waals surface area (Å²) in [4.78, 5) is 4.69. The third-order valence-electron chi connectivity index (χ3n) is 3.60. The van der Waals surface area contributed by atoms with E-state index in [9.17, 15) is 0 Å². The van der Waals surface area contributed by atoms with Crippen LogP contribution in [0.3, 0.4) is 0 Å². The van der Waals surface area contributed by atoms with Crippen LogP contribution in [0, 0.1) is 0 Å². The minimum atomic E-state index is -0.0990. The fraction of sp³-hybridized carbons (Fsp3) is 0.500. The molecular formula is C14H16Cl2N2S. The second-order valence-electron chi connectivity index (χ2n) is 4.91. The highest BCUT2D eigenvalue weighted by Crippen LogP contribution is 2.36. The van der Waals surface area contributed by atoms with Crippen LogP contribution in [0.1, 0.15) is 37.0 Å². The van der Waals surface area contributed by atoms with Crippen molar-refractivity contribution in [1.29, 1.82) is 0 Å². The summed E-state index contributed by atoms with van der Waals surface area (Å²) in [6.45, 7) is 1.98. The molecule has 1 aliphatic rings. The molecular weight excluding hydrogens is 299 g/mol. The van der Waals surface area contributed by atoms with Crippen LogP contribution in [0.2, 0.25) is 5.02 Å². The first-order valence-corrected chi connectivity index (χ1v) is 8.53. The van der Waals surface area contributed by atoms with E-state index in [1.807, 2.05) is 36.9 Å². The third kappa shape index (κ3) is 2.48. The summed E-state index contributed by atoms with van der Waals surface area (Å²) in [7, 11) is 0. The molecule has 1 aromatic carbocycles. The normalized spacial score (nSPS) is 18.9. The Bertz CT molecular complexity index is 588. The first-order valence-electron chi connectivity index (χ1n) is 6.56. The number of rotatable bonds is 2. The van der Waals surface area contributed by atoms with Crippen LogP contribution in [0.4, 0.5) is 0 Å². The van der Waals surface area contributed by atoms with Crippen molar-refractivity contribution in [3.8, 4) is 0 Å². The maximum absolute atomic E-state index is 6.39. The van der Waals surface area contributed by atoms with Crippen LogP contribution in [-0.2, 0) is 0 Å². The maximum Gasteiger partial charge on any atom is 0.128 e. The van der Waals surface area contributed by atoms with Crippen molar-refractivity contribution in [2.24, 2.45) is 0 Å². The lowest BCUT2D eigenvalue weighted by atomic mass is 10.1. The number of halogens is 2. The SMILES string of the molecule is CC(Cl)c1nc2cccc(Cl)c2n1C1CCSCC1. The Morgan fingerprint density at radius 1 is 1.37 bits per heavy atom. The van der Waals surface area contributed by atoms with Crippen molar-refractivity contribution >= 4 is 46.0 Å². The number of hydrogen-bond donors (Lipinski definition) is 0. The molecule has 1 saturated heterocycles. The van der Waals surface area contributed by atoms with Crippen LogP contribution in [0.25, 0.3) is 11.0 Å². The average molecular weight is 315 g/mol. The van der Waals surface area contributed by atoms with Gasteiger partial charge in [-0.15, -0.1) is 11.6 Å². The second-order valence-corrected chi connectivity index (χ2v) is 7.19. The number of para-hydroxylation sites is 1. The Labute approximate surface area is 127 Å². The van der Waals surface area contributed by atoms with Gasteiger partial charge in [-0.1, -0.05) is 17.7 Å². The lowest BCUT2D eigenvalue weighted by Gasteiger charge is -2.26. The van der Waals surface area contributed by atoms with Crippen molar-refractivity contribution in [3.05, 3.63) is 29.0 Å². The van der Waals surface area contributed by atoms with Gasteiger partial charge in [-0.05, 0) is 43.4 Å². The molecule has 19 heavy (non-hydrogen) atoms. The van der Waals surface area contributed by atoms with Gasteiger partial charge in [0.25, 0.3) is 0 Å². The summed E-state index contributed by atoms with van der Waals surface area (Å²) in [6, 6.07) is 6.37. The van der Waals surface area contributed by atoms with E-state index in [0.29, 0.717) is 6.04 Å². The number of thioether (sulfide) groups is 1. The van der Waals surface area contributed by atoms with Crippen LogP contribution < -0.4 is 0 Å². The molecule has 1 fully saturated rings. The lowest BCUT2D eigenvalue weighted by molar-refractivity contribution is 0.464. The number of nitrogens with zero attached hydrogens (tertiary/aromatic N) is 2. The number of benzene rings is 1. The predicted molar refractivity (Wildman–Crippen MR) is 84.6 cm³/mol. The predicted octanol–water partition coefficient (Wildman–Crippen LogP) is 5.06. The van der Waals surface area contributed by atoms with E-state index in [-0.39, 0.29) is 5.38 Å². The molecule has 1 unspecified atom stereocenters. The maximum atomic E-state index is 6.39. The average Bonchev–Trinajstić information content (AvgIpc) is 2.81. The van der Waals surface area contributed by atoms with E-state index in [2.05, 4.69) is 9.55 Å². The largest absolute Gasteiger partial charge is 0.322 e. The van der Waals surface area contributed by atoms with Crippen LogP contribution in [0.15, 0.2) is 18.2 Å². The van der Waals surface area contributed by atoms with Gasteiger partial charge < -0.3 is 4.57 Å². The Hall–Kier alpha value is -0.380. The minimum Gasteiger partial charge on any atom is -0.322 e. The fourth-order valence-electron chi connectivity index (χ4n) is 2.72. The van der Waals surface area contributed by atoms with Crippen molar-refractivity contribution in [1.82, 2.24) is 9.55 Å². The third-order valence-corrected chi connectivity index (χ3v) is 5.15. The second kappa shape index (κ2) is 5.55. The van der Waals surface area contributed by atoms with Gasteiger partial charge >= 0.3 is 0 Å². The van der Waals surface area contributed by atoms with Gasteiger partial charge in [0.05, 0.1) is 21.4 Å². The number of aromatic nitrogens is 2. The highest BCUT2D eigenvalue weighted by molar-refractivity contribution is 7.99. The Morgan fingerprint density at radius 2 is 2.11 bits per heavy atom. The van der Waals surface area contributed by atoms with E-state index in [1.54, 1.807) is 0 Å². The van der Waals surface area contributed by atoms with Gasteiger partial charge in [0.1, 0.15) is 5.82 Å². The van der Waals surface area contributed by atoms with E-state index in [0.717, 1.165) is 34.7 Å². The number of imidazole rings is 1. The smallest absolute Gasteiger partial charge is 0.128 e. The monoisotopic (exact) mass is 314 g/mol. The van der Waals surface area contributed by atoms with Crippen LogP contribution >= 0.6 is 35.0 Å². The summed E-state index contributed by atoms with van der Waals surface area (Å²) in [5.41, 5.74) is 2.00. The molecule has 1 atom stereocenters. The van der Waals surface area contributed by atoms with Crippen LogP contribution in [-0.4, -0.2) is 21.1 Å². The highest BCUT2D eigenvalue weighted by atomic mass is 35.5. The quantitative estimate of drug-likeness (QED) is 0.721. The minimum absolute atomic E-state index is 0.0990. The zero-order chi connectivity index (χ0) is 13.4.